The number of hydrogen-bond acceptors (Lipinski definition) is 1. The number of nitrogens with zero attached hydrogens (tertiary/aromatic N) is 1. The van der Waals surface area contributed by atoms with Gasteiger partial charge in [0.25, 0.3) is 0 Å². The molecule has 0 aliphatic heterocycles. The first-order valence-electron chi connectivity index (χ1n) is 15.0. The SMILES string of the molecule is c1cc(-c2ccc(-c3cccc4sc5ccccc5c34)cc2)cc(-c2ccc(-n3c4ccccc4c4ccccc43)cc2)c1. The number of benzene rings is 7. The lowest BCUT2D eigenvalue weighted by Crippen LogP contribution is -1.93. The number of aromatic nitrogens is 1. The van der Waals surface area contributed by atoms with Gasteiger partial charge in [0.15, 0.2) is 0 Å². The largest absolute Gasteiger partial charge is 0.309 e. The van der Waals surface area contributed by atoms with Crippen molar-refractivity contribution in [2.75, 3.05) is 0 Å². The van der Waals surface area contributed by atoms with Crippen LogP contribution in [0.15, 0.2) is 164 Å². The summed E-state index contributed by atoms with van der Waals surface area (Å²) in [7, 11) is 0. The predicted molar refractivity (Wildman–Crippen MR) is 190 cm³/mol. The number of thiophene rings is 1. The zero-order valence-electron chi connectivity index (χ0n) is 23.9. The first-order chi connectivity index (χ1) is 21.8. The fourth-order valence-corrected chi connectivity index (χ4v) is 7.87. The van der Waals surface area contributed by atoms with Crippen LogP contribution >= 0.6 is 11.3 Å². The molecule has 0 aliphatic rings. The second kappa shape index (κ2) is 10.1. The molecule has 0 bridgehead atoms. The van der Waals surface area contributed by atoms with Gasteiger partial charge in [0, 0.05) is 36.6 Å². The maximum atomic E-state index is 2.37. The summed E-state index contributed by atoms with van der Waals surface area (Å²) < 4.78 is 5.04. The standard InChI is InChI=1S/C42H27NS/c1-4-15-38-35(11-1)36-12-2-5-16-39(36)43(38)33-25-23-29(24-26-33)32-10-7-9-31(27-32)28-19-21-30(22-20-28)34-14-8-18-41-42(34)37-13-3-6-17-40(37)44-41/h1-27H. The highest BCUT2D eigenvalue weighted by Gasteiger charge is 2.13. The molecule has 0 N–H and O–H groups in total. The van der Waals surface area contributed by atoms with Crippen molar-refractivity contribution < 1.29 is 0 Å². The van der Waals surface area contributed by atoms with Crippen LogP contribution in [0.5, 0.6) is 0 Å². The summed E-state index contributed by atoms with van der Waals surface area (Å²) in [5.74, 6) is 0. The van der Waals surface area contributed by atoms with Crippen LogP contribution in [0.25, 0.3) is 81.0 Å². The number of fused-ring (bicyclic) bond motifs is 6. The first-order valence-corrected chi connectivity index (χ1v) is 15.8. The van der Waals surface area contributed by atoms with Crippen LogP contribution in [0, 0.1) is 0 Å². The Morgan fingerprint density at radius 3 is 1.57 bits per heavy atom. The highest BCUT2D eigenvalue weighted by Crippen LogP contribution is 2.40. The van der Waals surface area contributed by atoms with E-state index in [0.29, 0.717) is 0 Å². The molecule has 0 radical (unpaired) electrons. The normalized spacial score (nSPS) is 11.6. The van der Waals surface area contributed by atoms with Gasteiger partial charge in [-0.3, -0.25) is 0 Å². The molecule has 7 aromatic carbocycles. The quantitative estimate of drug-likeness (QED) is 0.196. The van der Waals surface area contributed by atoms with Crippen LogP contribution in [-0.4, -0.2) is 4.57 Å². The Labute approximate surface area is 259 Å². The summed E-state index contributed by atoms with van der Waals surface area (Å²) in [5.41, 5.74) is 11.1. The molecular weight excluding hydrogens is 551 g/mol. The first kappa shape index (κ1) is 25.1. The van der Waals surface area contributed by atoms with Crippen molar-refractivity contribution in [3.05, 3.63) is 164 Å². The van der Waals surface area contributed by atoms with Crippen molar-refractivity contribution >= 4 is 53.3 Å². The van der Waals surface area contributed by atoms with Crippen molar-refractivity contribution in [2.24, 2.45) is 0 Å². The van der Waals surface area contributed by atoms with Crippen molar-refractivity contribution in [1.29, 1.82) is 0 Å². The topological polar surface area (TPSA) is 4.93 Å². The minimum atomic E-state index is 1.17. The maximum absolute atomic E-state index is 2.37. The summed E-state index contributed by atoms with van der Waals surface area (Å²) in [6, 6.07) is 59.6. The number of para-hydroxylation sites is 2. The Hall–Kier alpha value is -5.44. The third kappa shape index (κ3) is 4.00. The van der Waals surface area contributed by atoms with E-state index in [9.17, 15) is 0 Å². The summed E-state index contributed by atoms with van der Waals surface area (Å²) in [5, 5.41) is 5.26. The van der Waals surface area contributed by atoms with Gasteiger partial charge in [0.2, 0.25) is 0 Å². The van der Waals surface area contributed by atoms with E-state index in [1.165, 1.54) is 81.0 Å². The number of hydrogen-bond donors (Lipinski definition) is 0. The molecule has 0 saturated carbocycles. The molecule has 0 amide bonds. The lowest BCUT2D eigenvalue weighted by molar-refractivity contribution is 1.18. The van der Waals surface area contributed by atoms with Gasteiger partial charge in [-0.25, -0.2) is 0 Å². The third-order valence-electron chi connectivity index (χ3n) is 8.83. The Bertz CT molecular complexity index is 2420. The molecule has 44 heavy (non-hydrogen) atoms. The lowest BCUT2D eigenvalue weighted by atomic mass is 9.95. The molecule has 1 nitrogen and oxygen atoms in total. The minimum absolute atomic E-state index is 1.17. The summed E-state index contributed by atoms with van der Waals surface area (Å²) in [6.45, 7) is 0. The van der Waals surface area contributed by atoms with E-state index in [2.05, 4.69) is 168 Å². The van der Waals surface area contributed by atoms with Gasteiger partial charge < -0.3 is 4.57 Å². The predicted octanol–water partition coefficient (Wildman–Crippen LogP) is 12.2. The number of rotatable bonds is 4. The molecule has 0 fully saturated rings. The van der Waals surface area contributed by atoms with Crippen LogP contribution in [-0.2, 0) is 0 Å². The van der Waals surface area contributed by atoms with Crippen molar-refractivity contribution in [3.63, 3.8) is 0 Å². The van der Waals surface area contributed by atoms with Crippen molar-refractivity contribution in [3.8, 4) is 39.1 Å². The summed E-state index contributed by atoms with van der Waals surface area (Å²) in [4.78, 5) is 0. The van der Waals surface area contributed by atoms with Crippen LogP contribution in [0.4, 0.5) is 0 Å². The second-order valence-electron chi connectivity index (χ2n) is 11.4. The maximum Gasteiger partial charge on any atom is 0.0541 e. The molecule has 0 saturated heterocycles. The lowest BCUT2D eigenvalue weighted by Gasteiger charge is -2.11. The fraction of sp³-hybridized carbons (Fsp3) is 0. The van der Waals surface area contributed by atoms with Gasteiger partial charge in [-0.15, -0.1) is 11.3 Å². The summed E-state index contributed by atoms with van der Waals surface area (Å²) in [6.07, 6.45) is 0. The van der Waals surface area contributed by atoms with Gasteiger partial charge in [0.1, 0.15) is 0 Å². The van der Waals surface area contributed by atoms with E-state index in [0.717, 1.165) is 0 Å². The molecule has 2 aromatic heterocycles. The monoisotopic (exact) mass is 577 g/mol. The molecule has 2 heteroatoms. The zero-order valence-corrected chi connectivity index (χ0v) is 24.8. The minimum Gasteiger partial charge on any atom is -0.309 e. The molecule has 9 rings (SSSR count). The van der Waals surface area contributed by atoms with E-state index >= 15 is 0 Å². The van der Waals surface area contributed by atoms with E-state index in [4.69, 9.17) is 0 Å². The zero-order chi connectivity index (χ0) is 29.0. The Kier molecular flexibility index (Phi) is 5.75. The van der Waals surface area contributed by atoms with E-state index in [1.807, 2.05) is 11.3 Å². The van der Waals surface area contributed by atoms with Gasteiger partial charge >= 0.3 is 0 Å². The molecule has 0 spiro atoms. The van der Waals surface area contributed by atoms with Gasteiger partial charge in [0.05, 0.1) is 11.0 Å². The molecule has 0 atom stereocenters. The molecule has 0 aliphatic carbocycles. The molecule has 2 heterocycles. The highest BCUT2D eigenvalue weighted by atomic mass is 32.1. The van der Waals surface area contributed by atoms with Crippen molar-refractivity contribution in [2.45, 2.75) is 0 Å². The highest BCUT2D eigenvalue weighted by molar-refractivity contribution is 7.25. The summed E-state index contributed by atoms with van der Waals surface area (Å²) >= 11 is 1.87. The Morgan fingerprint density at radius 1 is 0.364 bits per heavy atom. The average molecular weight is 578 g/mol. The van der Waals surface area contributed by atoms with Gasteiger partial charge in [-0.2, -0.15) is 0 Å². The van der Waals surface area contributed by atoms with Crippen LogP contribution in [0.3, 0.4) is 0 Å². The molecule has 206 valence electrons. The fourth-order valence-electron chi connectivity index (χ4n) is 6.74. The average Bonchev–Trinajstić information content (AvgIpc) is 3.65. The van der Waals surface area contributed by atoms with Gasteiger partial charge in [-0.1, -0.05) is 121 Å². The molecule has 0 unspecified atom stereocenters. The third-order valence-corrected chi connectivity index (χ3v) is 9.97. The van der Waals surface area contributed by atoms with Crippen LogP contribution in [0.1, 0.15) is 0 Å². The van der Waals surface area contributed by atoms with E-state index in [1.54, 1.807) is 0 Å². The van der Waals surface area contributed by atoms with E-state index in [-0.39, 0.29) is 0 Å². The Morgan fingerprint density at radius 2 is 0.886 bits per heavy atom. The van der Waals surface area contributed by atoms with E-state index < -0.39 is 0 Å². The molecular formula is C42H27NS. The Balaban J connectivity index is 1.05. The van der Waals surface area contributed by atoms with Crippen molar-refractivity contribution in [1.82, 2.24) is 4.57 Å². The van der Waals surface area contributed by atoms with Crippen LogP contribution in [0.2, 0.25) is 0 Å². The molecule has 9 aromatic rings. The van der Waals surface area contributed by atoms with Gasteiger partial charge in [-0.05, 0) is 75.8 Å². The smallest absolute Gasteiger partial charge is 0.0541 e. The second-order valence-corrected chi connectivity index (χ2v) is 12.4. The van der Waals surface area contributed by atoms with Crippen LogP contribution < -0.4 is 0 Å².